The monoisotopic (exact) mass is 242 g/mol. The van der Waals surface area contributed by atoms with Gasteiger partial charge in [-0.25, -0.2) is 0 Å². The third-order valence-electron chi connectivity index (χ3n) is 2.58. The second-order valence-corrected chi connectivity index (χ2v) is 4.03. The fraction of sp³-hybridized carbons (Fsp3) is 0.727. The third kappa shape index (κ3) is 4.82. The van der Waals surface area contributed by atoms with Crippen molar-refractivity contribution in [1.82, 2.24) is 15.1 Å². The maximum atomic E-state index is 6.02. The van der Waals surface area contributed by atoms with E-state index in [9.17, 15) is 0 Å². The third-order valence-corrected chi connectivity index (χ3v) is 2.58. The van der Waals surface area contributed by atoms with Crippen LogP contribution in [-0.2, 0) is 16.5 Å². The van der Waals surface area contributed by atoms with Gasteiger partial charge in [0.15, 0.2) is 0 Å². The Morgan fingerprint density at radius 3 is 2.76 bits per heavy atom. The Kier molecular flexibility index (Phi) is 6.13. The molecule has 3 N–H and O–H groups in total. The molecule has 6 nitrogen and oxygen atoms in total. The lowest BCUT2D eigenvalue weighted by Crippen LogP contribution is -2.35. The minimum Gasteiger partial charge on any atom is -0.382 e. The minimum absolute atomic E-state index is 0.0521. The Balaban J connectivity index is 2.26. The molecule has 1 heterocycles. The maximum absolute atomic E-state index is 6.02. The molecule has 2 atom stereocenters. The highest BCUT2D eigenvalue weighted by atomic mass is 16.5. The number of nitrogens with one attached hydrogen (secondary N) is 1. The van der Waals surface area contributed by atoms with Crippen LogP contribution in [0.1, 0.15) is 11.6 Å². The van der Waals surface area contributed by atoms with E-state index in [1.54, 1.807) is 25.1 Å². The number of methoxy groups -OCH3 is 2. The van der Waals surface area contributed by atoms with Crippen molar-refractivity contribution in [1.29, 1.82) is 0 Å². The fourth-order valence-electron chi connectivity index (χ4n) is 1.55. The molecule has 6 heteroatoms. The summed E-state index contributed by atoms with van der Waals surface area (Å²) in [5, 5.41) is 7.35. The SMILES string of the molecule is COCC(CNCC(N)c1cnn(C)c1)OC. The molecule has 0 bridgehead atoms. The van der Waals surface area contributed by atoms with Crippen LogP contribution in [-0.4, -0.2) is 49.8 Å². The number of aromatic nitrogens is 2. The normalized spacial score (nSPS) is 14.8. The van der Waals surface area contributed by atoms with Crippen molar-refractivity contribution >= 4 is 0 Å². The van der Waals surface area contributed by atoms with Crippen LogP contribution in [0.3, 0.4) is 0 Å². The zero-order chi connectivity index (χ0) is 12.7. The van der Waals surface area contributed by atoms with Crippen LogP contribution >= 0.6 is 0 Å². The number of aryl methyl sites for hydroxylation is 1. The molecule has 0 radical (unpaired) electrons. The first-order valence-electron chi connectivity index (χ1n) is 5.64. The summed E-state index contributed by atoms with van der Waals surface area (Å²) >= 11 is 0. The van der Waals surface area contributed by atoms with Gasteiger partial charge in [-0.3, -0.25) is 4.68 Å². The predicted octanol–water partition coefficient (Wildman–Crippen LogP) is -0.329. The molecule has 0 saturated carbocycles. The molecule has 0 aliphatic heterocycles. The van der Waals surface area contributed by atoms with Crippen molar-refractivity contribution in [3.05, 3.63) is 18.0 Å². The first kappa shape index (κ1) is 14.1. The standard InChI is InChI=1S/C11H22N4O2/c1-15-7-9(4-14-15)11(12)6-13-5-10(17-3)8-16-2/h4,7,10-11,13H,5-6,8,12H2,1-3H3. The lowest BCUT2D eigenvalue weighted by atomic mass is 10.2. The average molecular weight is 242 g/mol. The van der Waals surface area contributed by atoms with Crippen molar-refractivity contribution in [3.63, 3.8) is 0 Å². The van der Waals surface area contributed by atoms with Crippen LogP contribution < -0.4 is 11.1 Å². The van der Waals surface area contributed by atoms with Crippen LogP contribution in [0.5, 0.6) is 0 Å². The van der Waals surface area contributed by atoms with Crippen LogP contribution in [0.2, 0.25) is 0 Å². The molecule has 0 saturated heterocycles. The van der Waals surface area contributed by atoms with Gasteiger partial charge in [0.25, 0.3) is 0 Å². The summed E-state index contributed by atoms with van der Waals surface area (Å²) in [5.41, 5.74) is 7.05. The molecule has 17 heavy (non-hydrogen) atoms. The fourth-order valence-corrected chi connectivity index (χ4v) is 1.55. The number of hydrogen-bond acceptors (Lipinski definition) is 5. The Bertz CT molecular complexity index is 316. The molecular formula is C11H22N4O2. The summed E-state index contributed by atoms with van der Waals surface area (Å²) in [5.74, 6) is 0. The van der Waals surface area contributed by atoms with Gasteiger partial charge in [0.05, 0.1) is 18.9 Å². The molecule has 2 unspecified atom stereocenters. The van der Waals surface area contributed by atoms with Gasteiger partial charge in [0.1, 0.15) is 0 Å². The Labute approximate surface area is 102 Å². The van der Waals surface area contributed by atoms with Crippen LogP contribution in [0.25, 0.3) is 0 Å². The second-order valence-electron chi connectivity index (χ2n) is 4.03. The van der Waals surface area contributed by atoms with Crippen LogP contribution in [0, 0.1) is 0 Å². The lowest BCUT2D eigenvalue weighted by Gasteiger charge is -2.17. The number of hydrogen-bond donors (Lipinski definition) is 2. The van der Waals surface area contributed by atoms with E-state index in [4.69, 9.17) is 15.2 Å². The highest BCUT2D eigenvalue weighted by molar-refractivity contribution is 5.09. The molecule has 98 valence electrons. The van der Waals surface area contributed by atoms with E-state index in [-0.39, 0.29) is 12.1 Å². The molecule has 1 rings (SSSR count). The smallest absolute Gasteiger partial charge is 0.0928 e. The second kappa shape index (κ2) is 7.39. The van der Waals surface area contributed by atoms with Crippen molar-refractivity contribution in [2.75, 3.05) is 33.9 Å². The highest BCUT2D eigenvalue weighted by Gasteiger charge is 2.10. The zero-order valence-corrected chi connectivity index (χ0v) is 10.7. The van der Waals surface area contributed by atoms with E-state index in [1.165, 1.54) is 0 Å². The molecule has 1 aromatic heterocycles. The van der Waals surface area contributed by atoms with Gasteiger partial charge in [-0.2, -0.15) is 5.10 Å². The van der Waals surface area contributed by atoms with Gasteiger partial charge < -0.3 is 20.5 Å². The summed E-state index contributed by atoms with van der Waals surface area (Å²) in [6.45, 7) is 1.99. The van der Waals surface area contributed by atoms with Gasteiger partial charge >= 0.3 is 0 Å². The number of rotatable bonds is 8. The maximum Gasteiger partial charge on any atom is 0.0928 e. The molecule has 0 aromatic carbocycles. The summed E-state index contributed by atoms with van der Waals surface area (Å²) in [6, 6.07) is -0.0521. The molecule has 0 aliphatic rings. The van der Waals surface area contributed by atoms with Gasteiger partial charge in [-0.15, -0.1) is 0 Å². The quantitative estimate of drug-likeness (QED) is 0.653. The first-order chi connectivity index (χ1) is 8.17. The topological polar surface area (TPSA) is 74.3 Å². The summed E-state index contributed by atoms with van der Waals surface area (Å²) in [6.07, 6.45) is 3.77. The molecule has 1 aromatic rings. The Morgan fingerprint density at radius 2 is 2.24 bits per heavy atom. The Hall–Kier alpha value is -0.950. The average Bonchev–Trinajstić information content (AvgIpc) is 2.74. The summed E-state index contributed by atoms with van der Waals surface area (Å²) in [7, 11) is 5.21. The molecule has 0 aliphatic carbocycles. The van der Waals surface area contributed by atoms with E-state index in [0.29, 0.717) is 13.2 Å². The van der Waals surface area contributed by atoms with Crippen molar-refractivity contribution in [2.24, 2.45) is 12.8 Å². The van der Waals surface area contributed by atoms with Crippen molar-refractivity contribution in [3.8, 4) is 0 Å². The van der Waals surface area contributed by atoms with Crippen LogP contribution in [0.15, 0.2) is 12.4 Å². The predicted molar refractivity (Wildman–Crippen MR) is 65.7 cm³/mol. The van der Waals surface area contributed by atoms with Crippen LogP contribution in [0.4, 0.5) is 0 Å². The largest absolute Gasteiger partial charge is 0.382 e. The molecule has 0 spiro atoms. The summed E-state index contributed by atoms with van der Waals surface area (Å²) < 4.78 is 12.0. The van der Waals surface area contributed by atoms with Crippen molar-refractivity contribution < 1.29 is 9.47 Å². The molecule has 0 amide bonds. The van der Waals surface area contributed by atoms with E-state index < -0.39 is 0 Å². The van der Waals surface area contributed by atoms with Gasteiger partial charge in [-0.1, -0.05) is 0 Å². The number of nitrogens with zero attached hydrogens (tertiary/aromatic N) is 2. The van der Waals surface area contributed by atoms with Gasteiger partial charge in [0.2, 0.25) is 0 Å². The highest BCUT2D eigenvalue weighted by Crippen LogP contribution is 2.06. The van der Waals surface area contributed by atoms with Gasteiger partial charge in [0, 0.05) is 52.2 Å². The number of ether oxygens (including phenoxy) is 2. The molecular weight excluding hydrogens is 220 g/mol. The lowest BCUT2D eigenvalue weighted by molar-refractivity contribution is 0.0289. The summed E-state index contributed by atoms with van der Waals surface area (Å²) in [4.78, 5) is 0. The zero-order valence-electron chi connectivity index (χ0n) is 10.7. The number of nitrogens with two attached hydrogens (primary N) is 1. The molecule has 0 fully saturated rings. The van der Waals surface area contributed by atoms with E-state index in [1.807, 2.05) is 13.2 Å². The van der Waals surface area contributed by atoms with Gasteiger partial charge in [-0.05, 0) is 0 Å². The Morgan fingerprint density at radius 1 is 1.47 bits per heavy atom. The van der Waals surface area contributed by atoms with E-state index >= 15 is 0 Å². The minimum atomic E-state index is -0.0521. The first-order valence-corrected chi connectivity index (χ1v) is 5.64. The van der Waals surface area contributed by atoms with E-state index in [2.05, 4.69) is 10.4 Å². The van der Waals surface area contributed by atoms with Crippen molar-refractivity contribution in [2.45, 2.75) is 12.1 Å². The van der Waals surface area contributed by atoms with E-state index in [0.717, 1.165) is 12.1 Å².